The summed E-state index contributed by atoms with van der Waals surface area (Å²) < 4.78 is 0. The summed E-state index contributed by atoms with van der Waals surface area (Å²) in [4.78, 5) is 39.1. The monoisotopic (exact) mass is 355 g/mol. The van der Waals surface area contributed by atoms with Crippen LogP contribution in [0.4, 0.5) is 0 Å². The number of Topliss-reactive ketones (excluding diaryl/α,β-unsaturated/α-hetero) is 2. The Kier molecular flexibility index (Phi) is 5.31. The Bertz CT molecular complexity index is 721. The Morgan fingerprint density at radius 1 is 1.08 bits per heavy atom. The van der Waals surface area contributed by atoms with Gasteiger partial charge in [-0.3, -0.25) is 14.4 Å². The maximum Gasteiger partial charge on any atom is 0.219 e. The number of carbonyl (C=O) groups is 3. The maximum absolute atomic E-state index is 13.1. The minimum absolute atomic E-state index is 0.0798. The minimum atomic E-state index is -0.571. The van der Waals surface area contributed by atoms with E-state index in [0.717, 1.165) is 54.6 Å². The number of nitrogens with zero attached hydrogens (tertiary/aromatic N) is 1. The molecule has 4 nitrogen and oxygen atoms in total. The number of amides is 1. The van der Waals surface area contributed by atoms with E-state index in [1.54, 1.807) is 6.92 Å². The Morgan fingerprint density at radius 2 is 1.65 bits per heavy atom. The Labute approximate surface area is 156 Å². The maximum atomic E-state index is 13.1. The molecule has 1 aliphatic heterocycles. The van der Waals surface area contributed by atoms with Crippen LogP contribution in [0.1, 0.15) is 60.8 Å². The smallest absolute Gasteiger partial charge is 0.219 e. The zero-order valence-corrected chi connectivity index (χ0v) is 16.3. The predicted octanol–water partition coefficient (Wildman–Crippen LogP) is 3.50. The van der Waals surface area contributed by atoms with Gasteiger partial charge >= 0.3 is 0 Å². The molecule has 0 aromatic heterocycles. The van der Waals surface area contributed by atoms with Gasteiger partial charge < -0.3 is 4.90 Å². The van der Waals surface area contributed by atoms with Crippen molar-refractivity contribution < 1.29 is 14.4 Å². The third-order valence-corrected chi connectivity index (χ3v) is 6.16. The first-order chi connectivity index (χ1) is 12.3. The summed E-state index contributed by atoms with van der Waals surface area (Å²) >= 11 is 0. The van der Waals surface area contributed by atoms with Gasteiger partial charge in [0.1, 0.15) is 11.7 Å². The zero-order chi connectivity index (χ0) is 19.0. The first-order valence-electron chi connectivity index (χ1n) is 9.67. The second kappa shape index (κ2) is 7.34. The van der Waals surface area contributed by atoms with Crippen molar-refractivity contribution in [2.24, 2.45) is 11.8 Å². The first kappa shape index (κ1) is 18.8. The van der Waals surface area contributed by atoms with E-state index in [-0.39, 0.29) is 23.4 Å². The molecule has 2 atom stereocenters. The number of rotatable bonds is 3. The van der Waals surface area contributed by atoms with E-state index in [1.807, 2.05) is 25.7 Å². The summed E-state index contributed by atoms with van der Waals surface area (Å²) in [5.74, 6) is 0.0296. The van der Waals surface area contributed by atoms with E-state index in [1.165, 1.54) is 0 Å². The highest BCUT2D eigenvalue weighted by Crippen LogP contribution is 2.39. The molecular weight excluding hydrogens is 326 g/mol. The molecule has 1 amide bonds. The fourth-order valence-electron chi connectivity index (χ4n) is 4.89. The van der Waals surface area contributed by atoms with Crippen LogP contribution in [0, 0.1) is 32.6 Å². The fraction of sp³-hybridized carbons (Fsp3) is 0.591. The summed E-state index contributed by atoms with van der Waals surface area (Å²) in [7, 11) is 0. The molecule has 0 radical (unpaired) electrons. The molecule has 26 heavy (non-hydrogen) atoms. The molecule has 3 rings (SSSR count). The largest absolute Gasteiger partial charge is 0.343 e. The summed E-state index contributed by atoms with van der Waals surface area (Å²) in [6.07, 6.45) is 3.04. The molecule has 0 spiro atoms. The molecule has 1 saturated carbocycles. The Balaban J connectivity index is 1.71. The van der Waals surface area contributed by atoms with E-state index >= 15 is 0 Å². The van der Waals surface area contributed by atoms with Crippen molar-refractivity contribution in [2.75, 3.05) is 13.1 Å². The Hall–Kier alpha value is -1.97. The molecule has 0 bridgehead atoms. The third kappa shape index (κ3) is 3.60. The number of piperidine rings is 1. The van der Waals surface area contributed by atoms with Gasteiger partial charge in [-0.15, -0.1) is 0 Å². The quantitative estimate of drug-likeness (QED) is 0.780. The number of hydrogen-bond acceptors (Lipinski definition) is 3. The van der Waals surface area contributed by atoms with Crippen molar-refractivity contribution in [3.63, 3.8) is 0 Å². The van der Waals surface area contributed by atoms with Crippen LogP contribution < -0.4 is 0 Å². The van der Waals surface area contributed by atoms with Gasteiger partial charge in [0.05, 0.1) is 0 Å². The molecule has 1 heterocycles. The molecule has 1 aromatic carbocycles. The van der Waals surface area contributed by atoms with Crippen LogP contribution in [0.2, 0.25) is 0 Å². The lowest BCUT2D eigenvalue weighted by molar-refractivity contribution is -0.130. The van der Waals surface area contributed by atoms with E-state index in [9.17, 15) is 14.4 Å². The van der Waals surface area contributed by atoms with Gasteiger partial charge in [-0.1, -0.05) is 17.7 Å². The second-order valence-corrected chi connectivity index (χ2v) is 8.20. The Morgan fingerprint density at radius 3 is 2.19 bits per heavy atom. The van der Waals surface area contributed by atoms with Crippen molar-refractivity contribution in [1.82, 2.24) is 4.90 Å². The van der Waals surface area contributed by atoms with Crippen LogP contribution in [0.3, 0.4) is 0 Å². The normalized spacial score (nSPS) is 24.4. The lowest BCUT2D eigenvalue weighted by Crippen LogP contribution is -2.37. The summed E-state index contributed by atoms with van der Waals surface area (Å²) in [6.45, 7) is 9.19. The van der Waals surface area contributed by atoms with Crippen LogP contribution >= 0.6 is 0 Å². The molecule has 2 unspecified atom stereocenters. The third-order valence-electron chi connectivity index (χ3n) is 6.16. The van der Waals surface area contributed by atoms with Gasteiger partial charge in [0.25, 0.3) is 0 Å². The molecule has 2 fully saturated rings. The van der Waals surface area contributed by atoms with E-state index in [0.29, 0.717) is 12.3 Å². The number of benzene rings is 1. The fourth-order valence-corrected chi connectivity index (χ4v) is 4.89. The molecular formula is C22H29NO3. The van der Waals surface area contributed by atoms with Gasteiger partial charge in [-0.2, -0.15) is 0 Å². The summed E-state index contributed by atoms with van der Waals surface area (Å²) in [5.41, 5.74) is 4.18. The highest BCUT2D eigenvalue weighted by molar-refractivity contribution is 6.15. The van der Waals surface area contributed by atoms with Crippen molar-refractivity contribution >= 4 is 17.5 Å². The molecule has 1 saturated heterocycles. The van der Waals surface area contributed by atoms with Crippen molar-refractivity contribution in [2.45, 2.75) is 59.3 Å². The average molecular weight is 355 g/mol. The first-order valence-corrected chi connectivity index (χ1v) is 9.67. The SMILES string of the molecule is CC(=O)N1CCC(CC2CC(=O)C(c3c(C)cc(C)cc3C)C2=O)CC1. The number of aryl methyl sites for hydroxylation is 3. The minimum Gasteiger partial charge on any atom is -0.343 e. The van der Waals surface area contributed by atoms with Crippen molar-refractivity contribution in [3.8, 4) is 0 Å². The standard InChI is InChI=1S/C22H29NO3/c1-13-9-14(2)20(15(3)10-13)21-19(25)12-18(22(21)26)11-17-5-7-23(8-6-17)16(4)24/h9-10,17-18,21H,5-8,11-12H2,1-4H3. The molecule has 140 valence electrons. The molecule has 0 N–H and O–H groups in total. The van der Waals surface area contributed by atoms with Crippen molar-refractivity contribution in [3.05, 3.63) is 34.4 Å². The number of hydrogen-bond donors (Lipinski definition) is 0. The van der Waals surface area contributed by atoms with Gasteiger partial charge in [0.15, 0.2) is 5.78 Å². The topological polar surface area (TPSA) is 54.5 Å². The lowest BCUT2D eigenvalue weighted by Gasteiger charge is -2.32. The molecule has 1 aromatic rings. The highest BCUT2D eigenvalue weighted by atomic mass is 16.2. The molecule has 4 heteroatoms. The second-order valence-electron chi connectivity index (χ2n) is 8.20. The number of likely N-dealkylation sites (tertiary alicyclic amines) is 1. The predicted molar refractivity (Wildman–Crippen MR) is 101 cm³/mol. The van der Waals surface area contributed by atoms with Gasteiger partial charge in [-0.05, 0) is 62.6 Å². The van der Waals surface area contributed by atoms with Gasteiger partial charge in [0, 0.05) is 32.4 Å². The average Bonchev–Trinajstić information content (AvgIpc) is 2.82. The van der Waals surface area contributed by atoms with Crippen LogP contribution in [-0.2, 0) is 14.4 Å². The zero-order valence-electron chi connectivity index (χ0n) is 16.3. The van der Waals surface area contributed by atoms with Gasteiger partial charge in [0.2, 0.25) is 5.91 Å². The van der Waals surface area contributed by atoms with Crippen LogP contribution in [-0.4, -0.2) is 35.5 Å². The summed E-state index contributed by atoms with van der Waals surface area (Å²) in [5, 5.41) is 0. The highest BCUT2D eigenvalue weighted by Gasteiger charge is 2.43. The molecule has 1 aliphatic carbocycles. The summed E-state index contributed by atoms with van der Waals surface area (Å²) in [6, 6.07) is 4.13. The van der Waals surface area contributed by atoms with Crippen LogP contribution in [0.5, 0.6) is 0 Å². The van der Waals surface area contributed by atoms with E-state index in [2.05, 4.69) is 12.1 Å². The van der Waals surface area contributed by atoms with Crippen LogP contribution in [0.15, 0.2) is 12.1 Å². The van der Waals surface area contributed by atoms with Crippen molar-refractivity contribution in [1.29, 1.82) is 0 Å². The van der Waals surface area contributed by atoms with E-state index in [4.69, 9.17) is 0 Å². The van der Waals surface area contributed by atoms with E-state index < -0.39 is 5.92 Å². The van der Waals surface area contributed by atoms with Gasteiger partial charge in [-0.25, -0.2) is 0 Å². The lowest BCUT2D eigenvalue weighted by atomic mass is 9.83. The number of carbonyl (C=O) groups excluding carboxylic acids is 3. The van der Waals surface area contributed by atoms with Crippen LogP contribution in [0.25, 0.3) is 0 Å². The molecule has 2 aliphatic rings. The number of ketones is 2.